The Bertz CT molecular complexity index is 570. The normalized spacial score (nSPS) is 23.5. The van der Waals surface area contributed by atoms with Gasteiger partial charge in [-0.2, -0.15) is 0 Å². The van der Waals surface area contributed by atoms with Crippen molar-refractivity contribution in [2.24, 2.45) is 16.8 Å². The van der Waals surface area contributed by atoms with Crippen LogP contribution in [0.25, 0.3) is 0 Å². The highest BCUT2D eigenvalue weighted by Gasteiger charge is 2.18. The molecule has 1 aromatic heterocycles. The van der Waals surface area contributed by atoms with Gasteiger partial charge in [-0.15, -0.1) is 34.2 Å². The van der Waals surface area contributed by atoms with Crippen LogP contribution in [0.15, 0.2) is 4.99 Å². The largest absolute Gasteiger partial charge is 0.356 e. The molecule has 2 unspecified atom stereocenters. The van der Waals surface area contributed by atoms with Crippen molar-refractivity contribution in [2.45, 2.75) is 77.8 Å². The molecule has 2 atom stereocenters. The van der Waals surface area contributed by atoms with Crippen molar-refractivity contribution in [3.63, 3.8) is 0 Å². The summed E-state index contributed by atoms with van der Waals surface area (Å²) >= 11 is 0. The molecule has 1 fully saturated rings. The van der Waals surface area contributed by atoms with Crippen LogP contribution >= 0.6 is 24.0 Å². The predicted octanol–water partition coefficient (Wildman–Crippen LogP) is 3.50. The van der Waals surface area contributed by atoms with Crippen LogP contribution in [0.2, 0.25) is 0 Å². The maximum Gasteiger partial charge on any atom is 0.191 e. The Hall–Kier alpha value is -0.860. The standard InChI is InChI=1S/C19H34N6.HI/c1-15-7-6-8-16(13-15)10-11-21-19(20-2)22-14-18-24-23-17-9-4-3-5-12-25(17)18;/h15-16H,3-14H2,1-2H3,(H2,20,21,22);1H. The first-order valence-electron chi connectivity index (χ1n) is 10.1. The van der Waals surface area contributed by atoms with Gasteiger partial charge in [-0.3, -0.25) is 4.99 Å². The van der Waals surface area contributed by atoms with Crippen molar-refractivity contribution >= 4 is 29.9 Å². The molecule has 2 N–H and O–H groups in total. The van der Waals surface area contributed by atoms with Gasteiger partial charge in [-0.25, -0.2) is 0 Å². The molecular weight excluding hydrogens is 439 g/mol. The summed E-state index contributed by atoms with van der Waals surface area (Å²) in [5.41, 5.74) is 0. The van der Waals surface area contributed by atoms with E-state index in [4.69, 9.17) is 0 Å². The summed E-state index contributed by atoms with van der Waals surface area (Å²) in [5.74, 6) is 4.82. The van der Waals surface area contributed by atoms with Gasteiger partial charge >= 0.3 is 0 Å². The fraction of sp³-hybridized carbons (Fsp3) is 0.842. The average molecular weight is 474 g/mol. The molecule has 2 aliphatic rings. The quantitative estimate of drug-likeness (QED) is 0.390. The number of guanidine groups is 1. The molecule has 0 saturated heterocycles. The first-order chi connectivity index (χ1) is 12.3. The maximum absolute atomic E-state index is 4.38. The summed E-state index contributed by atoms with van der Waals surface area (Å²) in [6, 6.07) is 0. The number of fused-ring (bicyclic) bond motifs is 1. The van der Waals surface area contributed by atoms with Crippen LogP contribution in [-0.4, -0.2) is 34.3 Å². The van der Waals surface area contributed by atoms with Gasteiger partial charge in [0.25, 0.3) is 0 Å². The number of hydrogen-bond donors (Lipinski definition) is 2. The van der Waals surface area contributed by atoms with E-state index in [0.717, 1.165) is 49.0 Å². The molecule has 148 valence electrons. The molecule has 1 aromatic rings. The zero-order valence-corrected chi connectivity index (χ0v) is 18.7. The lowest BCUT2D eigenvalue weighted by atomic mass is 9.81. The summed E-state index contributed by atoms with van der Waals surface area (Å²) in [7, 11) is 1.84. The fourth-order valence-electron chi connectivity index (χ4n) is 4.28. The van der Waals surface area contributed by atoms with Crippen LogP contribution in [0.3, 0.4) is 0 Å². The number of aromatic nitrogens is 3. The van der Waals surface area contributed by atoms with Gasteiger partial charge in [0.2, 0.25) is 0 Å². The van der Waals surface area contributed by atoms with Crippen molar-refractivity contribution < 1.29 is 0 Å². The van der Waals surface area contributed by atoms with Crippen LogP contribution in [0, 0.1) is 11.8 Å². The first kappa shape index (κ1) is 21.4. The molecule has 0 amide bonds. The SMILES string of the molecule is CN=C(NCCC1CCCC(C)C1)NCc1nnc2n1CCCCC2.I. The first-order valence-corrected chi connectivity index (χ1v) is 10.1. The Morgan fingerprint density at radius 2 is 2.04 bits per heavy atom. The highest BCUT2D eigenvalue weighted by atomic mass is 127. The molecule has 1 saturated carbocycles. The summed E-state index contributed by atoms with van der Waals surface area (Å²) in [4.78, 5) is 4.35. The summed E-state index contributed by atoms with van der Waals surface area (Å²) in [6.07, 6.45) is 11.6. The van der Waals surface area contributed by atoms with Crippen LogP contribution in [0.1, 0.15) is 69.9 Å². The lowest BCUT2D eigenvalue weighted by Gasteiger charge is -2.26. The molecule has 26 heavy (non-hydrogen) atoms. The van der Waals surface area contributed by atoms with Crippen molar-refractivity contribution in [3.05, 3.63) is 11.6 Å². The van der Waals surface area contributed by atoms with Crippen molar-refractivity contribution in [2.75, 3.05) is 13.6 Å². The van der Waals surface area contributed by atoms with E-state index >= 15 is 0 Å². The predicted molar refractivity (Wildman–Crippen MR) is 117 cm³/mol. The fourth-order valence-corrected chi connectivity index (χ4v) is 4.28. The second kappa shape index (κ2) is 11.1. The minimum Gasteiger partial charge on any atom is -0.356 e. The van der Waals surface area contributed by atoms with Crippen LogP contribution < -0.4 is 10.6 Å². The van der Waals surface area contributed by atoms with Gasteiger partial charge in [0.15, 0.2) is 11.8 Å². The maximum atomic E-state index is 4.38. The zero-order chi connectivity index (χ0) is 17.5. The Balaban J connectivity index is 0.00000243. The highest BCUT2D eigenvalue weighted by Crippen LogP contribution is 2.30. The minimum absolute atomic E-state index is 0. The number of hydrogen-bond acceptors (Lipinski definition) is 3. The van der Waals surface area contributed by atoms with Gasteiger partial charge in [0.1, 0.15) is 5.82 Å². The zero-order valence-electron chi connectivity index (χ0n) is 16.3. The van der Waals surface area contributed by atoms with E-state index in [1.165, 1.54) is 51.4 Å². The minimum atomic E-state index is 0. The van der Waals surface area contributed by atoms with Gasteiger partial charge in [0.05, 0.1) is 6.54 Å². The number of aliphatic imine (C=N–C) groups is 1. The summed E-state index contributed by atoms with van der Waals surface area (Å²) < 4.78 is 2.29. The second-order valence-electron chi connectivity index (χ2n) is 7.77. The molecule has 3 rings (SSSR count). The van der Waals surface area contributed by atoms with Crippen molar-refractivity contribution in [1.29, 1.82) is 0 Å². The Morgan fingerprint density at radius 3 is 2.85 bits per heavy atom. The lowest BCUT2D eigenvalue weighted by molar-refractivity contribution is 0.270. The number of rotatable bonds is 5. The number of nitrogens with one attached hydrogen (secondary N) is 2. The second-order valence-corrected chi connectivity index (χ2v) is 7.77. The highest BCUT2D eigenvalue weighted by molar-refractivity contribution is 14.0. The third-order valence-corrected chi connectivity index (χ3v) is 5.71. The Kier molecular flexibility index (Phi) is 9.15. The molecule has 0 spiro atoms. The number of nitrogens with zero attached hydrogens (tertiary/aromatic N) is 4. The molecule has 1 aliphatic heterocycles. The van der Waals surface area contributed by atoms with E-state index in [2.05, 4.69) is 37.3 Å². The Morgan fingerprint density at radius 1 is 1.15 bits per heavy atom. The number of aryl methyl sites for hydroxylation is 1. The van der Waals surface area contributed by atoms with E-state index in [9.17, 15) is 0 Å². The van der Waals surface area contributed by atoms with Crippen molar-refractivity contribution in [1.82, 2.24) is 25.4 Å². The van der Waals surface area contributed by atoms with E-state index in [0.29, 0.717) is 6.54 Å². The molecule has 0 aromatic carbocycles. The average Bonchev–Trinajstić information content (AvgIpc) is 2.85. The van der Waals surface area contributed by atoms with Gasteiger partial charge in [0, 0.05) is 26.6 Å². The van der Waals surface area contributed by atoms with E-state index in [1.807, 2.05) is 7.05 Å². The third kappa shape index (κ3) is 6.09. The molecule has 6 nitrogen and oxygen atoms in total. The van der Waals surface area contributed by atoms with Crippen molar-refractivity contribution in [3.8, 4) is 0 Å². The van der Waals surface area contributed by atoms with Gasteiger partial charge < -0.3 is 15.2 Å². The van der Waals surface area contributed by atoms with Crippen LogP contribution in [0.5, 0.6) is 0 Å². The molecule has 2 heterocycles. The third-order valence-electron chi connectivity index (χ3n) is 5.71. The van der Waals surface area contributed by atoms with Gasteiger partial charge in [-0.05, 0) is 37.5 Å². The van der Waals surface area contributed by atoms with E-state index < -0.39 is 0 Å². The summed E-state index contributed by atoms with van der Waals surface area (Å²) in [6.45, 7) is 5.12. The Labute approximate surface area is 175 Å². The summed E-state index contributed by atoms with van der Waals surface area (Å²) in [5, 5.41) is 15.6. The molecular formula is C19H35IN6. The van der Waals surface area contributed by atoms with Crippen LogP contribution in [0.4, 0.5) is 0 Å². The van der Waals surface area contributed by atoms with E-state index in [-0.39, 0.29) is 24.0 Å². The topological polar surface area (TPSA) is 67.1 Å². The lowest BCUT2D eigenvalue weighted by Crippen LogP contribution is -2.38. The van der Waals surface area contributed by atoms with E-state index in [1.54, 1.807) is 0 Å². The number of halogens is 1. The molecule has 1 aliphatic carbocycles. The molecule has 7 heteroatoms. The van der Waals surface area contributed by atoms with Gasteiger partial charge in [-0.1, -0.05) is 32.6 Å². The smallest absolute Gasteiger partial charge is 0.191 e. The van der Waals surface area contributed by atoms with Crippen LogP contribution in [-0.2, 0) is 19.5 Å². The molecule has 0 bridgehead atoms. The molecule has 0 radical (unpaired) electrons. The monoisotopic (exact) mass is 474 g/mol.